The largest absolute Gasteiger partial charge is 0.479 e. The summed E-state index contributed by atoms with van der Waals surface area (Å²) in [5.41, 5.74) is -2.54. The first-order valence-electron chi connectivity index (χ1n) is 9.55. The van der Waals surface area contributed by atoms with Crippen molar-refractivity contribution in [2.75, 3.05) is 13.7 Å². The van der Waals surface area contributed by atoms with Crippen molar-refractivity contribution in [3.05, 3.63) is 52.1 Å². The maximum absolute atomic E-state index is 14.4. The Balaban J connectivity index is 1.96. The zero-order valence-electron chi connectivity index (χ0n) is 17.2. The highest BCUT2D eigenvalue weighted by Gasteiger charge is 2.37. The zero-order valence-corrected chi connectivity index (χ0v) is 17.9. The van der Waals surface area contributed by atoms with Crippen molar-refractivity contribution in [1.29, 1.82) is 0 Å². The van der Waals surface area contributed by atoms with Gasteiger partial charge in [0.2, 0.25) is 5.82 Å². The Hall–Kier alpha value is -2.95. The molecule has 1 saturated heterocycles. The monoisotopic (exact) mass is 495 g/mol. The molecule has 178 valence electrons. The van der Waals surface area contributed by atoms with E-state index in [2.05, 4.69) is 4.74 Å². The van der Waals surface area contributed by atoms with Crippen LogP contribution in [0.1, 0.15) is 19.8 Å². The fraction of sp³-hybridized carbons (Fsp3) is 0.333. The number of esters is 1. The number of carbonyl (C=O) groups is 2. The molecule has 5 nitrogen and oxygen atoms in total. The maximum atomic E-state index is 14.4. The van der Waals surface area contributed by atoms with Gasteiger partial charge in [-0.15, -0.1) is 0 Å². The minimum atomic E-state index is -2.40. The lowest BCUT2D eigenvalue weighted by atomic mass is 10.0. The molecule has 0 bridgehead atoms. The van der Waals surface area contributed by atoms with Gasteiger partial charge < -0.3 is 14.4 Å². The molecular formula is C21H16ClF6NO4. The Morgan fingerprint density at radius 3 is 2.18 bits per heavy atom. The number of halogens is 7. The summed E-state index contributed by atoms with van der Waals surface area (Å²) in [6, 6.07) is 0.344. The number of carbonyl (C=O) groups excluding carboxylic acids is 2. The minimum absolute atomic E-state index is 0.235. The second-order valence-electron chi connectivity index (χ2n) is 7.18. The molecule has 1 heterocycles. The van der Waals surface area contributed by atoms with Crippen molar-refractivity contribution in [2.24, 2.45) is 0 Å². The van der Waals surface area contributed by atoms with Gasteiger partial charge in [0.15, 0.2) is 29.4 Å². The second-order valence-corrected chi connectivity index (χ2v) is 7.59. The number of hydrogen-bond acceptors (Lipinski definition) is 4. The lowest BCUT2D eigenvalue weighted by Gasteiger charge is -2.26. The normalized spacial score (nSPS) is 16.6. The average molecular weight is 496 g/mol. The highest BCUT2D eigenvalue weighted by molar-refractivity contribution is 6.32. The second kappa shape index (κ2) is 9.50. The van der Waals surface area contributed by atoms with Crippen molar-refractivity contribution in [3.8, 4) is 16.9 Å². The number of benzene rings is 2. The summed E-state index contributed by atoms with van der Waals surface area (Å²) in [7, 11) is 1.17. The predicted molar refractivity (Wildman–Crippen MR) is 103 cm³/mol. The molecule has 0 spiro atoms. The lowest BCUT2D eigenvalue weighted by Crippen LogP contribution is -2.46. The number of hydrogen-bond donors (Lipinski definition) is 0. The van der Waals surface area contributed by atoms with E-state index in [1.165, 1.54) is 18.9 Å². The fourth-order valence-corrected chi connectivity index (χ4v) is 3.73. The lowest BCUT2D eigenvalue weighted by molar-refractivity contribution is -0.153. The van der Waals surface area contributed by atoms with E-state index in [9.17, 15) is 35.9 Å². The summed E-state index contributed by atoms with van der Waals surface area (Å²) in [4.78, 5) is 25.9. The Kier molecular flexibility index (Phi) is 7.11. The first-order valence-corrected chi connectivity index (χ1v) is 9.93. The maximum Gasteiger partial charge on any atom is 0.328 e. The average Bonchev–Trinajstić information content (AvgIpc) is 3.28. The number of nitrogens with zero attached hydrogens (tertiary/aromatic N) is 1. The van der Waals surface area contributed by atoms with Crippen LogP contribution in [0.25, 0.3) is 11.1 Å². The SMILES string of the molecule is COC(=O)[C@@H]1CCCN1C(=O)C(C)Oc1cc(-c2c(F)c(F)c(F)c(F)c2F)c(F)cc1Cl. The number of rotatable bonds is 5. The summed E-state index contributed by atoms with van der Waals surface area (Å²) in [5, 5.41) is -0.425. The highest BCUT2D eigenvalue weighted by atomic mass is 35.5. The van der Waals surface area contributed by atoms with E-state index in [1.807, 2.05) is 0 Å². The van der Waals surface area contributed by atoms with Crippen LogP contribution in [-0.4, -0.2) is 42.6 Å². The molecule has 33 heavy (non-hydrogen) atoms. The molecule has 12 heteroatoms. The number of amides is 1. The standard InChI is InChI=1S/C21H16ClF6NO4/c1-8(20(30)29-5-3-4-12(29)21(31)32-2)33-13-6-9(11(23)7-10(13)22)14-15(24)17(26)19(28)18(27)16(14)25/h6-8,12H,3-5H2,1-2H3/t8?,12-/m0/s1. The molecule has 1 aliphatic heterocycles. The Morgan fingerprint density at radius 1 is 1.03 bits per heavy atom. The van der Waals surface area contributed by atoms with E-state index in [1.54, 1.807) is 0 Å². The van der Waals surface area contributed by atoms with Gasteiger partial charge in [-0.05, 0) is 31.9 Å². The van der Waals surface area contributed by atoms with Crippen molar-refractivity contribution < 1.29 is 45.4 Å². The van der Waals surface area contributed by atoms with Crippen molar-refractivity contribution in [3.63, 3.8) is 0 Å². The van der Waals surface area contributed by atoms with Crippen LogP contribution < -0.4 is 4.74 Å². The molecule has 1 amide bonds. The molecule has 2 aromatic carbocycles. The number of likely N-dealkylation sites (tertiary alicyclic amines) is 1. The van der Waals surface area contributed by atoms with Gasteiger partial charge >= 0.3 is 5.97 Å². The van der Waals surface area contributed by atoms with Crippen molar-refractivity contribution >= 4 is 23.5 Å². The molecule has 3 rings (SSSR count). The van der Waals surface area contributed by atoms with Gasteiger partial charge in [-0.3, -0.25) is 4.79 Å². The van der Waals surface area contributed by atoms with Crippen LogP contribution in [0.3, 0.4) is 0 Å². The molecule has 0 N–H and O–H groups in total. The van der Waals surface area contributed by atoms with Crippen LogP contribution in [0.4, 0.5) is 26.3 Å². The van der Waals surface area contributed by atoms with Crippen LogP contribution in [0.2, 0.25) is 5.02 Å². The van der Waals surface area contributed by atoms with Crippen LogP contribution in [0.5, 0.6) is 5.75 Å². The summed E-state index contributed by atoms with van der Waals surface area (Å²) in [5.74, 6) is -14.5. The predicted octanol–water partition coefficient (Wildman–Crippen LogP) is 4.77. The van der Waals surface area contributed by atoms with Crippen LogP contribution in [-0.2, 0) is 14.3 Å². The molecule has 1 unspecified atom stereocenters. The molecular weight excluding hydrogens is 480 g/mol. The highest BCUT2D eigenvalue weighted by Crippen LogP contribution is 2.38. The van der Waals surface area contributed by atoms with E-state index in [0.29, 0.717) is 25.0 Å². The topological polar surface area (TPSA) is 55.8 Å². The van der Waals surface area contributed by atoms with Crippen LogP contribution >= 0.6 is 11.6 Å². The molecule has 0 saturated carbocycles. The summed E-state index contributed by atoms with van der Waals surface area (Å²) < 4.78 is 93.4. The van der Waals surface area contributed by atoms with Crippen LogP contribution in [0.15, 0.2) is 12.1 Å². The Bertz CT molecular complexity index is 1100. The van der Waals surface area contributed by atoms with E-state index in [-0.39, 0.29) is 6.54 Å². The summed E-state index contributed by atoms with van der Waals surface area (Å²) in [6.45, 7) is 1.52. The van der Waals surface area contributed by atoms with E-state index >= 15 is 0 Å². The molecule has 1 aliphatic rings. The van der Waals surface area contributed by atoms with Gasteiger partial charge in [0.05, 0.1) is 17.7 Å². The van der Waals surface area contributed by atoms with Gasteiger partial charge in [-0.25, -0.2) is 31.1 Å². The Morgan fingerprint density at radius 2 is 1.61 bits per heavy atom. The first-order chi connectivity index (χ1) is 15.5. The molecule has 0 aliphatic carbocycles. The van der Waals surface area contributed by atoms with Crippen molar-refractivity contribution in [1.82, 2.24) is 4.90 Å². The van der Waals surface area contributed by atoms with Gasteiger partial charge in [0.25, 0.3) is 5.91 Å². The summed E-state index contributed by atoms with van der Waals surface area (Å²) in [6.07, 6.45) is -0.408. The third-order valence-corrected chi connectivity index (χ3v) is 5.46. The first kappa shape index (κ1) is 24.7. The smallest absolute Gasteiger partial charge is 0.328 e. The fourth-order valence-electron chi connectivity index (χ4n) is 3.54. The molecule has 0 radical (unpaired) electrons. The minimum Gasteiger partial charge on any atom is -0.479 e. The Labute approximate surface area is 188 Å². The van der Waals surface area contributed by atoms with Gasteiger partial charge in [-0.2, -0.15) is 0 Å². The number of methoxy groups -OCH3 is 1. The third kappa shape index (κ3) is 4.46. The van der Waals surface area contributed by atoms with Gasteiger partial charge in [0.1, 0.15) is 17.6 Å². The van der Waals surface area contributed by atoms with E-state index in [4.69, 9.17) is 16.3 Å². The quantitative estimate of drug-likeness (QED) is 0.259. The number of ether oxygens (including phenoxy) is 2. The van der Waals surface area contributed by atoms with E-state index < -0.39 is 80.8 Å². The van der Waals surface area contributed by atoms with Gasteiger partial charge in [0, 0.05) is 12.1 Å². The zero-order chi connectivity index (χ0) is 24.6. The molecule has 2 aromatic rings. The third-order valence-electron chi connectivity index (χ3n) is 5.16. The van der Waals surface area contributed by atoms with Gasteiger partial charge in [-0.1, -0.05) is 11.6 Å². The van der Waals surface area contributed by atoms with E-state index in [0.717, 1.165) is 0 Å². The van der Waals surface area contributed by atoms with Crippen molar-refractivity contribution in [2.45, 2.75) is 31.9 Å². The molecule has 0 aromatic heterocycles. The molecule has 1 fully saturated rings. The molecule has 2 atom stereocenters. The summed E-state index contributed by atoms with van der Waals surface area (Å²) >= 11 is 5.91. The van der Waals surface area contributed by atoms with Crippen LogP contribution in [0, 0.1) is 34.9 Å².